The highest BCUT2D eigenvalue weighted by Crippen LogP contribution is 2.28. The van der Waals surface area contributed by atoms with Gasteiger partial charge in [0.2, 0.25) is 10.0 Å². The van der Waals surface area contributed by atoms with E-state index < -0.39 is 19.9 Å². The lowest BCUT2D eigenvalue weighted by Gasteiger charge is -2.20. The predicted molar refractivity (Wildman–Crippen MR) is 82.6 cm³/mol. The Morgan fingerprint density at radius 3 is 2.52 bits per heavy atom. The summed E-state index contributed by atoms with van der Waals surface area (Å²) < 4.78 is 49.5. The molecule has 2 rings (SSSR count). The molecule has 118 valence electrons. The Bertz CT molecular complexity index is 736. The van der Waals surface area contributed by atoms with Crippen LogP contribution in [0.2, 0.25) is 5.02 Å². The van der Waals surface area contributed by atoms with E-state index >= 15 is 0 Å². The highest BCUT2D eigenvalue weighted by Gasteiger charge is 2.29. The third-order valence-electron chi connectivity index (χ3n) is 3.51. The Morgan fingerprint density at radius 1 is 1.24 bits per heavy atom. The fraction of sp³-hybridized carbons (Fsp3) is 0.500. The molecule has 0 bridgehead atoms. The number of nitrogens with two attached hydrogens (primary N) is 1. The average molecular weight is 353 g/mol. The second kappa shape index (κ2) is 5.75. The van der Waals surface area contributed by atoms with Gasteiger partial charge in [-0.25, -0.2) is 16.8 Å². The van der Waals surface area contributed by atoms with E-state index in [1.165, 1.54) is 16.4 Å². The van der Waals surface area contributed by atoms with E-state index in [2.05, 4.69) is 0 Å². The van der Waals surface area contributed by atoms with E-state index in [1.807, 2.05) is 0 Å². The summed E-state index contributed by atoms with van der Waals surface area (Å²) in [6.07, 6.45) is 0.288. The summed E-state index contributed by atoms with van der Waals surface area (Å²) in [6, 6.07) is 2.71. The highest BCUT2D eigenvalue weighted by atomic mass is 35.5. The highest BCUT2D eigenvalue weighted by molar-refractivity contribution is 7.91. The van der Waals surface area contributed by atoms with Crippen LogP contribution in [0.1, 0.15) is 12.0 Å². The van der Waals surface area contributed by atoms with Crippen LogP contribution >= 0.6 is 11.6 Å². The third-order valence-corrected chi connectivity index (χ3v) is 7.49. The van der Waals surface area contributed by atoms with Gasteiger partial charge in [0.1, 0.15) is 0 Å². The maximum atomic E-state index is 12.6. The van der Waals surface area contributed by atoms with Crippen molar-refractivity contribution < 1.29 is 16.8 Å². The van der Waals surface area contributed by atoms with Gasteiger partial charge in [0.25, 0.3) is 0 Å². The summed E-state index contributed by atoms with van der Waals surface area (Å²) in [6.45, 7) is 1.83. The summed E-state index contributed by atoms with van der Waals surface area (Å²) >= 11 is 5.98. The van der Waals surface area contributed by atoms with Crippen LogP contribution in [0.25, 0.3) is 0 Å². The second-order valence-corrected chi connectivity index (χ2v) is 9.68. The standard InChI is InChI=1S/C12H17ClN2O4S2/c1-9-11(13)7-10(8-12(9)14)21(18,19)15-3-2-5-20(16,17)6-4-15/h7-8H,2-6,14H2,1H3. The zero-order chi connectivity index (χ0) is 15.8. The Morgan fingerprint density at radius 2 is 1.90 bits per heavy atom. The predicted octanol–water partition coefficient (Wildman–Crippen LogP) is 1.04. The first-order chi connectivity index (χ1) is 9.63. The Labute approximate surface area is 129 Å². The molecule has 1 aliphatic rings. The number of sulfone groups is 1. The number of hydrogen-bond donors (Lipinski definition) is 1. The largest absolute Gasteiger partial charge is 0.398 e. The Hall–Kier alpha value is -0.830. The summed E-state index contributed by atoms with van der Waals surface area (Å²) in [5, 5.41) is 0.274. The fourth-order valence-electron chi connectivity index (χ4n) is 2.13. The molecular formula is C12H17ClN2O4S2. The van der Waals surface area contributed by atoms with Crippen molar-refractivity contribution in [2.24, 2.45) is 0 Å². The molecule has 0 amide bonds. The van der Waals surface area contributed by atoms with Gasteiger partial charge in [0.15, 0.2) is 9.84 Å². The lowest BCUT2D eigenvalue weighted by Crippen LogP contribution is -2.33. The van der Waals surface area contributed by atoms with Gasteiger partial charge in [-0.1, -0.05) is 11.6 Å². The molecule has 21 heavy (non-hydrogen) atoms. The molecule has 0 spiro atoms. The minimum absolute atomic E-state index is 0.00472. The molecular weight excluding hydrogens is 336 g/mol. The van der Waals surface area contributed by atoms with E-state index in [4.69, 9.17) is 17.3 Å². The number of sulfonamides is 1. The van der Waals surface area contributed by atoms with Crippen molar-refractivity contribution in [1.82, 2.24) is 4.31 Å². The molecule has 1 fully saturated rings. The molecule has 0 saturated carbocycles. The normalized spacial score (nSPS) is 20.1. The van der Waals surface area contributed by atoms with Gasteiger partial charge in [0.05, 0.1) is 16.4 Å². The van der Waals surface area contributed by atoms with Crippen molar-refractivity contribution in [2.75, 3.05) is 30.3 Å². The van der Waals surface area contributed by atoms with Gasteiger partial charge >= 0.3 is 0 Å². The number of anilines is 1. The van der Waals surface area contributed by atoms with E-state index in [9.17, 15) is 16.8 Å². The number of rotatable bonds is 2. The third kappa shape index (κ3) is 3.50. The van der Waals surface area contributed by atoms with E-state index in [0.29, 0.717) is 11.3 Å². The van der Waals surface area contributed by atoms with Gasteiger partial charge in [-0.2, -0.15) is 4.31 Å². The zero-order valence-corrected chi connectivity index (χ0v) is 13.9. The Kier molecular flexibility index (Phi) is 4.53. The van der Waals surface area contributed by atoms with Crippen LogP contribution in [-0.2, 0) is 19.9 Å². The molecule has 0 unspecified atom stereocenters. The lowest BCUT2D eigenvalue weighted by molar-refractivity contribution is 0.434. The van der Waals surface area contributed by atoms with Crippen molar-refractivity contribution in [1.29, 1.82) is 0 Å². The van der Waals surface area contributed by atoms with Gasteiger partial charge in [0, 0.05) is 23.8 Å². The number of halogens is 1. The van der Waals surface area contributed by atoms with Crippen LogP contribution in [0.3, 0.4) is 0 Å². The molecule has 1 aromatic carbocycles. The van der Waals surface area contributed by atoms with Gasteiger partial charge < -0.3 is 5.73 Å². The SMILES string of the molecule is Cc1c(N)cc(S(=O)(=O)N2CCCS(=O)(=O)CC2)cc1Cl. The summed E-state index contributed by atoms with van der Waals surface area (Å²) in [5.41, 5.74) is 6.67. The molecule has 1 aromatic rings. The van der Waals surface area contributed by atoms with E-state index in [-0.39, 0.29) is 40.9 Å². The van der Waals surface area contributed by atoms with Crippen LogP contribution < -0.4 is 5.73 Å². The molecule has 0 aromatic heterocycles. The monoisotopic (exact) mass is 352 g/mol. The van der Waals surface area contributed by atoms with Crippen LogP contribution in [0.15, 0.2) is 17.0 Å². The molecule has 6 nitrogen and oxygen atoms in total. The average Bonchev–Trinajstić information content (AvgIpc) is 2.56. The van der Waals surface area contributed by atoms with Crippen LogP contribution in [0.4, 0.5) is 5.69 Å². The minimum Gasteiger partial charge on any atom is -0.398 e. The fourth-order valence-corrected chi connectivity index (χ4v) is 5.35. The first-order valence-corrected chi connectivity index (χ1v) is 10.0. The maximum absolute atomic E-state index is 12.6. The molecule has 1 heterocycles. The van der Waals surface area contributed by atoms with Crippen molar-refractivity contribution in [2.45, 2.75) is 18.2 Å². The van der Waals surface area contributed by atoms with Crippen LogP contribution in [-0.4, -0.2) is 45.7 Å². The van der Waals surface area contributed by atoms with Gasteiger partial charge in [-0.3, -0.25) is 0 Å². The summed E-state index contributed by atoms with van der Waals surface area (Å²) in [7, 11) is -6.97. The number of nitrogens with zero attached hydrogens (tertiary/aromatic N) is 1. The van der Waals surface area contributed by atoms with E-state index in [1.54, 1.807) is 6.92 Å². The quantitative estimate of drug-likeness (QED) is 0.802. The van der Waals surface area contributed by atoms with E-state index in [0.717, 1.165) is 0 Å². The molecule has 0 radical (unpaired) electrons. The zero-order valence-electron chi connectivity index (χ0n) is 11.5. The second-order valence-electron chi connectivity index (χ2n) is 5.03. The van der Waals surface area contributed by atoms with Crippen molar-refractivity contribution in [3.63, 3.8) is 0 Å². The van der Waals surface area contributed by atoms with Crippen LogP contribution in [0, 0.1) is 6.92 Å². The number of hydrogen-bond acceptors (Lipinski definition) is 5. The molecule has 1 aliphatic heterocycles. The van der Waals surface area contributed by atoms with Crippen molar-refractivity contribution in [3.8, 4) is 0 Å². The van der Waals surface area contributed by atoms with Crippen LogP contribution in [0.5, 0.6) is 0 Å². The number of nitrogen functional groups attached to an aromatic ring is 1. The summed E-state index contributed by atoms with van der Waals surface area (Å²) in [4.78, 5) is -0.00472. The summed E-state index contributed by atoms with van der Waals surface area (Å²) in [5.74, 6) is -0.156. The smallest absolute Gasteiger partial charge is 0.243 e. The van der Waals surface area contributed by atoms with Crippen molar-refractivity contribution in [3.05, 3.63) is 22.7 Å². The molecule has 2 N–H and O–H groups in total. The maximum Gasteiger partial charge on any atom is 0.243 e. The first kappa shape index (κ1) is 16.5. The molecule has 9 heteroatoms. The van der Waals surface area contributed by atoms with Gasteiger partial charge in [-0.15, -0.1) is 0 Å². The topological polar surface area (TPSA) is 97.5 Å². The minimum atomic E-state index is -3.79. The number of benzene rings is 1. The van der Waals surface area contributed by atoms with Crippen molar-refractivity contribution >= 4 is 37.1 Å². The van der Waals surface area contributed by atoms with Gasteiger partial charge in [-0.05, 0) is 31.0 Å². The molecule has 0 atom stereocenters. The molecule has 0 aliphatic carbocycles. The molecule has 1 saturated heterocycles. The first-order valence-electron chi connectivity index (χ1n) is 6.40. The lowest BCUT2D eigenvalue weighted by atomic mass is 10.2. The Balaban J connectivity index is 2.38.